The van der Waals surface area contributed by atoms with E-state index >= 15 is 0 Å². The number of alkyl halides is 2. The van der Waals surface area contributed by atoms with Crippen LogP contribution in [-0.2, 0) is 6.42 Å². The molecule has 0 radical (unpaired) electrons. The van der Waals surface area contributed by atoms with Gasteiger partial charge < -0.3 is 4.74 Å². The molecule has 6 heteroatoms. The van der Waals surface area contributed by atoms with Gasteiger partial charge in [0.25, 0.3) is 6.43 Å². The van der Waals surface area contributed by atoms with Crippen molar-refractivity contribution in [2.45, 2.75) is 12.8 Å². The summed E-state index contributed by atoms with van der Waals surface area (Å²) < 4.78 is 42.3. The molecule has 0 saturated carbocycles. The molecule has 0 atom stereocenters. The van der Waals surface area contributed by atoms with E-state index in [1.807, 2.05) is 0 Å². The van der Waals surface area contributed by atoms with Crippen LogP contribution in [0.4, 0.5) is 13.2 Å². The van der Waals surface area contributed by atoms with Gasteiger partial charge in [0.2, 0.25) is 5.95 Å². The maximum atomic E-state index is 12.8. The van der Waals surface area contributed by atoms with E-state index in [1.165, 1.54) is 7.11 Å². The predicted molar refractivity (Wildman–Crippen MR) is 45.0 cm³/mol. The Morgan fingerprint density at radius 3 is 2.73 bits per heavy atom. The van der Waals surface area contributed by atoms with Gasteiger partial charge in [-0.3, -0.25) is 0 Å². The fourth-order valence-corrected chi connectivity index (χ4v) is 1.17. The van der Waals surface area contributed by atoms with Crippen molar-refractivity contribution in [2.75, 3.05) is 7.11 Å². The van der Waals surface area contributed by atoms with Crippen LogP contribution in [0.3, 0.4) is 0 Å². The predicted octanol–water partition coefficient (Wildman–Crippen LogP) is 2.23. The molecule has 0 fully saturated rings. The summed E-state index contributed by atoms with van der Waals surface area (Å²) in [6, 6.07) is 2.64. The minimum Gasteiger partial charge on any atom is -0.494 e. The Bertz CT molecular complexity index is 401. The zero-order valence-corrected chi connectivity index (χ0v) is 7.80. The minimum atomic E-state index is -2.94. The summed E-state index contributed by atoms with van der Waals surface area (Å²) in [5.41, 5.74) is -0.703. The minimum absolute atomic E-state index is 0.0720. The molecule has 0 saturated heterocycles. The molecule has 0 aliphatic heterocycles. The van der Waals surface area contributed by atoms with Crippen LogP contribution in [0.15, 0.2) is 6.07 Å². The van der Waals surface area contributed by atoms with Crippen molar-refractivity contribution < 1.29 is 17.9 Å². The van der Waals surface area contributed by atoms with E-state index < -0.39 is 18.1 Å². The van der Waals surface area contributed by atoms with Crippen LogP contribution in [0.2, 0.25) is 0 Å². The monoisotopic (exact) mass is 216 g/mol. The fourth-order valence-electron chi connectivity index (χ4n) is 1.17. The first-order chi connectivity index (χ1) is 7.10. The standard InChI is InChI=1S/C9H7F3N2O/c1-15-8-5(2-3-13)4-6(10)14-7(8)9(11)12/h4,9H,2H2,1H3. The zero-order chi connectivity index (χ0) is 11.4. The smallest absolute Gasteiger partial charge is 0.284 e. The lowest BCUT2D eigenvalue weighted by atomic mass is 10.1. The van der Waals surface area contributed by atoms with Crippen molar-refractivity contribution in [2.24, 2.45) is 0 Å². The van der Waals surface area contributed by atoms with Gasteiger partial charge in [-0.05, 0) is 0 Å². The van der Waals surface area contributed by atoms with Crippen molar-refractivity contribution >= 4 is 0 Å². The molecule has 0 spiro atoms. The van der Waals surface area contributed by atoms with Crippen molar-refractivity contribution in [3.8, 4) is 11.8 Å². The molecular formula is C9H7F3N2O. The van der Waals surface area contributed by atoms with E-state index in [2.05, 4.69) is 9.72 Å². The summed E-state index contributed by atoms with van der Waals surface area (Å²) in [5.74, 6) is -1.27. The second-order valence-electron chi connectivity index (χ2n) is 2.66. The van der Waals surface area contributed by atoms with Crippen molar-refractivity contribution in [1.82, 2.24) is 4.98 Å². The SMILES string of the molecule is COc1c(CC#N)cc(F)nc1C(F)F. The molecule has 80 valence electrons. The summed E-state index contributed by atoms with van der Waals surface area (Å²) in [4.78, 5) is 3.04. The third-order valence-electron chi connectivity index (χ3n) is 1.73. The summed E-state index contributed by atoms with van der Waals surface area (Å²) >= 11 is 0. The van der Waals surface area contributed by atoms with Gasteiger partial charge in [-0.2, -0.15) is 9.65 Å². The van der Waals surface area contributed by atoms with Gasteiger partial charge in [-0.1, -0.05) is 0 Å². The molecule has 0 bridgehead atoms. The second kappa shape index (κ2) is 4.64. The summed E-state index contributed by atoms with van der Waals surface area (Å²) in [7, 11) is 1.17. The lowest BCUT2D eigenvalue weighted by Crippen LogP contribution is -2.03. The Balaban J connectivity index is 3.33. The van der Waals surface area contributed by atoms with Crippen molar-refractivity contribution in [3.63, 3.8) is 0 Å². The molecule has 0 amide bonds. The Kier molecular flexibility index (Phi) is 3.50. The van der Waals surface area contributed by atoms with Gasteiger partial charge in [-0.15, -0.1) is 0 Å². The Morgan fingerprint density at radius 1 is 1.60 bits per heavy atom. The topological polar surface area (TPSA) is 45.9 Å². The molecule has 0 unspecified atom stereocenters. The largest absolute Gasteiger partial charge is 0.494 e. The van der Waals surface area contributed by atoms with Gasteiger partial charge in [0.05, 0.1) is 19.6 Å². The maximum absolute atomic E-state index is 12.8. The summed E-state index contributed by atoms with van der Waals surface area (Å²) in [6.07, 6.45) is -3.14. The molecule has 1 rings (SSSR count). The Morgan fingerprint density at radius 2 is 2.27 bits per heavy atom. The number of methoxy groups -OCH3 is 1. The first kappa shape index (κ1) is 11.3. The summed E-state index contributed by atoms with van der Waals surface area (Å²) in [5, 5.41) is 8.42. The third-order valence-corrected chi connectivity index (χ3v) is 1.73. The Hall–Kier alpha value is -1.77. The molecule has 0 aliphatic carbocycles. The molecule has 1 aromatic heterocycles. The van der Waals surface area contributed by atoms with E-state index in [-0.39, 0.29) is 17.7 Å². The number of halogens is 3. The number of rotatable bonds is 3. The lowest BCUT2D eigenvalue weighted by Gasteiger charge is -2.10. The maximum Gasteiger partial charge on any atom is 0.284 e. The van der Waals surface area contributed by atoms with E-state index in [0.717, 1.165) is 6.07 Å². The first-order valence-corrected chi connectivity index (χ1v) is 3.98. The van der Waals surface area contributed by atoms with Crippen molar-refractivity contribution in [1.29, 1.82) is 5.26 Å². The molecule has 0 aromatic carbocycles. The molecule has 3 nitrogen and oxygen atoms in total. The lowest BCUT2D eigenvalue weighted by molar-refractivity contribution is 0.139. The highest BCUT2D eigenvalue weighted by Crippen LogP contribution is 2.30. The average Bonchev–Trinajstić information content (AvgIpc) is 2.17. The van der Waals surface area contributed by atoms with Crippen LogP contribution < -0.4 is 4.74 Å². The van der Waals surface area contributed by atoms with Gasteiger partial charge in [0, 0.05) is 11.6 Å². The van der Waals surface area contributed by atoms with Crippen LogP contribution >= 0.6 is 0 Å². The molecule has 1 heterocycles. The van der Waals surface area contributed by atoms with E-state index in [0.29, 0.717) is 0 Å². The van der Waals surface area contributed by atoms with Crippen LogP contribution in [0.5, 0.6) is 5.75 Å². The third kappa shape index (κ3) is 2.37. The highest BCUT2D eigenvalue weighted by molar-refractivity contribution is 5.39. The normalized spacial score (nSPS) is 10.1. The summed E-state index contributed by atoms with van der Waals surface area (Å²) in [6.45, 7) is 0. The van der Waals surface area contributed by atoms with E-state index in [9.17, 15) is 13.2 Å². The number of nitriles is 1. The van der Waals surface area contributed by atoms with Gasteiger partial charge >= 0.3 is 0 Å². The van der Waals surface area contributed by atoms with Gasteiger partial charge in [-0.25, -0.2) is 13.8 Å². The quantitative estimate of drug-likeness (QED) is 0.728. The number of pyridine rings is 1. The zero-order valence-electron chi connectivity index (χ0n) is 7.80. The Labute approximate surface area is 84.1 Å². The molecular weight excluding hydrogens is 209 g/mol. The highest BCUT2D eigenvalue weighted by atomic mass is 19.3. The van der Waals surface area contributed by atoms with Crippen LogP contribution in [0, 0.1) is 17.3 Å². The highest BCUT2D eigenvalue weighted by Gasteiger charge is 2.20. The van der Waals surface area contributed by atoms with Crippen molar-refractivity contribution in [3.05, 3.63) is 23.3 Å². The fraction of sp³-hybridized carbons (Fsp3) is 0.333. The van der Waals surface area contributed by atoms with Gasteiger partial charge in [0.15, 0.2) is 11.4 Å². The number of ether oxygens (including phenoxy) is 1. The molecule has 0 N–H and O–H groups in total. The van der Waals surface area contributed by atoms with Crippen LogP contribution in [0.1, 0.15) is 17.7 Å². The van der Waals surface area contributed by atoms with Crippen LogP contribution in [-0.4, -0.2) is 12.1 Å². The van der Waals surface area contributed by atoms with Crippen LogP contribution in [0.25, 0.3) is 0 Å². The molecule has 15 heavy (non-hydrogen) atoms. The van der Waals surface area contributed by atoms with E-state index in [1.54, 1.807) is 6.07 Å². The van der Waals surface area contributed by atoms with E-state index in [4.69, 9.17) is 5.26 Å². The molecule has 1 aromatic rings. The second-order valence-corrected chi connectivity index (χ2v) is 2.66. The average molecular weight is 216 g/mol. The van der Waals surface area contributed by atoms with Gasteiger partial charge in [0.1, 0.15) is 0 Å². The first-order valence-electron chi connectivity index (χ1n) is 3.98. The molecule has 0 aliphatic rings. The number of hydrogen-bond donors (Lipinski definition) is 0. The number of aromatic nitrogens is 1. The number of hydrogen-bond acceptors (Lipinski definition) is 3. The number of nitrogens with zero attached hydrogens (tertiary/aromatic N) is 2.